The summed E-state index contributed by atoms with van der Waals surface area (Å²) in [6, 6.07) is 2.27. The van der Waals surface area contributed by atoms with Gasteiger partial charge in [-0.25, -0.2) is 9.97 Å². The molecule has 1 rings (SSSR count). The molecule has 0 amide bonds. The van der Waals surface area contributed by atoms with E-state index >= 15 is 0 Å². The summed E-state index contributed by atoms with van der Waals surface area (Å²) in [6.45, 7) is 5.00. The van der Waals surface area contributed by atoms with Gasteiger partial charge in [0.2, 0.25) is 0 Å². The zero-order valence-electron chi connectivity index (χ0n) is 10.7. The Hall–Kier alpha value is -1.36. The Balaban J connectivity index is 2.69. The van der Waals surface area contributed by atoms with E-state index in [4.69, 9.17) is 0 Å². The molecule has 90 valence electrons. The summed E-state index contributed by atoms with van der Waals surface area (Å²) < 4.78 is 0. The van der Waals surface area contributed by atoms with E-state index in [9.17, 15) is 0 Å². The second kappa shape index (κ2) is 5.65. The predicted molar refractivity (Wildman–Crippen MR) is 68.0 cm³/mol. The smallest absolute Gasteiger partial charge is 0.132 e. The van der Waals surface area contributed by atoms with E-state index in [0.717, 1.165) is 24.0 Å². The molecule has 16 heavy (non-hydrogen) atoms. The third-order valence-electron chi connectivity index (χ3n) is 2.13. The Labute approximate surface area is 97.3 Å². The van der Waals surface area contributed by atoms with Gasteiger partial charge in [0.25, 0.3) is 0 Å². The highest BCUT2D eigenvalue weighted by atomic mass is 15.1. The lowest BCUT2D eigenvalue weighted by atomic mass is 10.3. The number of nitrogens with zero attached hydrogens (tertiary/aromatic N) is 3. The minimum atomic E-state index is 0.356. The van der Waals surface area contributed by atoms with Gasteiger partial charge in [0.15, 0.2) is 0 Å². The van der Waals surface area contributed by atoms with Crippen molar-refractivity contribution in [1.29, 1.82) is 0 Å². The number of hydrogen-bond acceptors (Lipinski definition) is 5. The van der Waals surface area contributed by atoms with E-state index in [-0.39, 0.29) is 0 Å². The van der Waals surface area contributed by atoms with Crippen LogP contribution < -0.4 is 10.6 Å². The average molecular weight is 223 g/mol. The minimum Gasteiger partial charge on any atom is -0.373 e. The highest BCUT2D eigenvalue weighted by molar-refractivity contribution is 5.47. The first-order valence-electron chi connectivity index (χ1n) is 5.46. The molecule has 0 bridgehead atoms. The van der Waals surface area contributed by atoms with Crippen molar-refractivity contribution >= 4 is 11.6 Å². The second-order valence-electron chi connectivity index (χ2n) is 4.24. The molecular formula is C11H21N5. The number of aromatic nitrogens is 2. The summed E-state index contributed by atoms with van der Waals surface area (Å²) in [7, 11) is 5.97. The molecule has 0 radical (unpaired) electrons. The number of rotatable bonds is 5. The van der Waals surface area contributed by atoms with Crippen LogP contribution in [-0.2, 0) is 0 Å². The third kappa shape index (κ3) is 4.02. The van der Waals surface area contributed by atoms with Crippen LogP contribution in [0, 0.1) is 6.92 Å². The van der Waals surface area contributed by atoms with Crippen LogP contribution in [0.3, 0.4) is 0 Å². The van der Waals surface area contributed by atoms with Gasteiger partial charge in [0.05, 0.1) is 0 Å². The second-order valence-corrected chi connectivity index (χ2v) is 4.24. The molecule has 0 aliphatic carbocycles. The first-order chi connectivity index (χ1) is 7.51. The zero-order chi connectivity index (χ0) is 12.1. The van der Waals surface area contributed by atoms with Gasteiger partial charge < -0.3 is 15.5 Å². The van der Waals surface area contributed by atoms with Crippen LogP contribution >= 0.6 is 0 Å². The van der Waals surface area contributed by atoms with Crippen LogP contribution in [0.15, 0.2) is 6.07 Å². The van der Waals surface area contributed by atoms with Crippen molar-refractivity contribution in [2.24, 2.45) is 0 Å². The SMILES string of the molecule is CNc1cc(NC(C)CN(C)C)nc(C)n1. The molecule has 0 aromatic carbocycles. The molecule has 0 saturated carbocycles. The van der Waals surface area contributed by atoms with Gasteiger partial charge in [-0.2, -0.15) is 0 Å². The van der Waals surface area contributed by atoms with Crippen molar-refractivity contribution in [3.05, 3.63) is 11.9 Å². The molecule has 0 fully saturated rings. The fourth-order valence-corrected chi connectivity index (χ4v) is 1.62. The van der Waals surface area contributed by atoms with Gasteiger partial charge in [0, 0.05) is 25.7 Å². The maximum Gasteiger partial charge on any atom is 0.132 e. The van der Waals surface area contributed by atoms with E-state index in [1.54, 1.807) is 0 Å². The van der Waals surface area contributed by atoms with Crippen molar-refractivity contribution in [1.82, 2.24) is 14.9 Å². The Morgan fingerprint density at radius 3 is 2.50 bits per heavy atom. The van der Waals surface area contributed by atoms with Gasteiger partial charge in [-0.15, -0.1) is 0 Å². The molecule has 5 heteroatoms. The van der Waals surface area contributed by atoms with Crippen LogP contribution in [0.1, 0.15) is 12.7 Å². The number of aryl methyl sites for hydroxylation is 1. The third-order valence-corrected chi connectivity index (χ3v) is 2.13. The molecule has 5 nitrogen and oxygen atoms in total. The van der Waals surface area contributed by atoms with E-state index in [0.29, 0.717) is 6.04 Å². The van der Waals surface area contributed by atoms with Gasteiger partial charge in [-0.05, 0) is 27.9 Å². The quantitative estimate of drug-likeness (QED) is 0.785. The van der Waals surface area contributed by atoms with Crippen LogP contribution in [0.2, 0.25) is 0 Å². The van der Waals surface area contributed by atoms with Gasteiger partial charge in [-0.3, -0.25) is 0 Å². The Morgan fingerprint density at radius 1 is 1.31 bits per heavy atom. The van der Waals surface area contributed by atoms with E-state index in [2.05, 4.69) is 46.5 Å². The highest BCUT2D eigenvalue weighted by Gasteiger charge is 2.06. The summed E-state index contributed by atoms with van der Waals surface area (Å²) in [5.41, 5.74) is 0. The fourth-order valence-electron chi connectivity index (χ4n) is 1.62. The topological polar surface area (TPSA) is 53.1 Å². The summed E-state index contributed by atoms with van der Waals surface area (Å²) >= 11 is 0. The normalized spacial score (nSPS) is 12.6. The molecule has 1 heterocycles. The molecule has 1 aromatic rings. The lowest BCUT2D eigenvalue weighted by molar-refractivity contribution is 0.392. The summed E-state index contributed by atoms with van der Waals surface area (Å²) in [6.07, 6.45) is 0. The number of anilines is 2. The zero-order valence-corrected chi connectivity index (χ0v) is 10.7. The minimum absolute atomic E-state index is 0.356. The molecule has 2 N–H and O–H groups in total. The van der Waals surface area contributed by atoms with Crippen LogP contribution in [0.25, 0.3) is 0 Å². The first-order valence-corrected chi connectivity index (χ1v) is 5.46. The maximum absolute atomic E-state index is 4.35. The molecule has 0 saturated heterocycles. The van der Waals surface area contributed by atoms with Gasteiger partial charge in [-0.1, -0.05) is 0 Å². The lowest BCUT2D eigenvalue weighted by Gasteiger charge is -2.19. The molecule has 0 spiro atoms. The fraction of sp³-hybridized carbons (Fsp3) is 0.636. The van der Waals surface area contributed by atoms with E-state index < -0.39 is 0 Å². The Kier molecular flexibility index (Phi) is 4.49. The van der Waals surface area contributed by atoms with E-state index in [1.807, 2.05) is 20.0 Å². The summed E-state index contributed by atoms with van der Waals surface area (Å²) in [4.78, 5) is 10.7. The Morgan fingerprint density at radius 2 is 1.94 bits per heavy atom. The van der Waals surface area contributed by atoms with Gasteiger partial charge >= 0.3 is 0 Å². The van der Waals surface area contributed by atoms with Crippen LogP contribution in [-0.4, -0.2) is 48.6 Å². The van der Waals surface area contributed by atoms with Crippen molar-refractivity contribution in [2.75, 3.05) is 38.3 Å². The maximum atomic E-state index is 4.35. The van der Waals surface area contributed by atoms with Crippen molar-refractivity contribution in [3.8, 4) is 0 Å². The average Bonchev–Trinajstić information content (AvgIpc) is 2.14. The van der Waals surface area contributed by atoms with Gasteiger partial charge in [0.1, 0.15) is 17.5 Å². The number of hydrogen-bond donors (Lipinski definition) is 2. The van der Waals surface area contributed by atoms with E-state index in [1.165, 1.54) is 0 Å². The summed E-state index contributed by atoms with van der Waals surface area (Å²) in [5, 5.41) is 6.38. The lowest BCUT2D eigenvalue weighted by Crippen LogP contribution is -2.30. The molecular weight excluding hydrogens is 202 g/mol. The summed E-state index contributed by atoms with van der Waals surface area (Å²) in [5.74, 6) is 2.48. The number of likely N-dealkylation sites (N-methyl/N-ethyl adjacent to an activating group) is 1. The highest BCUT2D eigenvalue weighted by Crippen LogP contribution is 2.11. The number of nitrogens with one attached hydrogen (secondary N) is 2. The molecule has 1 aromatic heterocycles. The Bertz CT molecular complexity index is 337. The molecule has 1 atom stereocenters. The first kappa shape index (κ1) is 12.7. The van der Waals surface area contributed by atoms with Crippen LogP contribution in [0.5, 0.6) is 0 Å². The van der Waals surface area contributed by atoms with Crippen molar-refractivity contribution < 1.29 is 0 Å². The van der Waals surface area contributed by atoms with Crippen molar-refractivity contribution in [2.45, 2.75) is 19.9 Å². The monoisotopic (exact) mass is 223 g/mol. The molecule has 0 aliphatic heterocycles. The predicted octanol–water partition coefficient (Wildman–Crippen LogP) is 1.19. The largest absolute Gasteiger partial charge is 0.373 e. The molecule has 0 aliphatic rings. The molecule has 1 unspecified atom stereocenters. The van der Waals surface area contributed by atoms with Crippen molar-refractivity contribution in [3.63, 3.8) is 0 Å². The van der Waals surface area contributed by atoms with Crippen LogP contribution in [0.4, 0.5) is 11.6 Å². The standard InChI is InChI=1S/C11H21N5/c1-8(7-16(4)5)13-11-6-10(12-3)14-9(2)15-11/h6,8H,7H2,1-5H3,(H2,12,13,14,15).